The zero-order chi connectivity index (χ0) is 14.5. The van der Waals surface area contributed by atoms with Crippen molar-refractivity contribution in [3.05, 3.63) is 23.5 Å². The van der Waals surface area contributed by atoms with Crippen molar-refractivity contribution >= 4 is 27.5 Å². The lowest BCUT2D eigenvalue weighted by atomic mass is 10.2. The summed E-state index contributed by atoms with van der Waals surface area (Å²) in [5, 5.41) is 2.52. The summed E-state index contributed by atoms with van der Waals surface area (Å²) in [7, 11) is -3.70. The second-order valence-corrected chi connectivity index (χ2v) is 6.23. The Labute approximate surface area is 117 Å². The van der Waals surface area contributed by atoms with Crippen molar-refractivity contribution in [3.63, 3.8) is 0 Å². The molecule has 0 aliphatic heterocycles. The highest BCUT2D eigenvalue weighted by Crippen LogP contribution is 2.16. The van der Waals surface area contributed by atoms with Crippen molar-refractivity contribution in [1.82, 2.24) is 15.0 Å². The first-order valence-electron chi connectivity index (χ1n) is 5.72. The summed E-state index contributed by atoms with van der Waals surface area (Å²) >= 11 is 5.71. The lowest BCUT2D eigenvalue weighted by molar-refractivity contribution is -0.123. The quantitative estimate of drug-likeness (QED) is 0.600. The zero-order valence-electron chi connectivity index (χ0n) is 10.7. The van der Waals surface area contributed by atoms with Crippen molar-refractivity contribution in [2.75, 3.05) is 13.1 Å². The topological polar surface area (TPSA) is 88.2 Å². The number of halogens is 1. The minimum Gasteiger partial charge on any atom is -0.355 e. The molecule has 0 radical (unpaired) electrons. The molecule has 2 N–H and O–H groups in total. The average molecular weight is 306 g/mol. The molecular weight excluding hydrogens is 290 g/mol. The monoisotopic (exact) mass is 305 g/mol. The van der Waals surface area contributed by atoms with E-state index in [2.05, 4.69) is 15.0 Å². The second-order valence-electron chi connectivity index (χ2n) is 4.14. The number of carbonyl (C=O) groups is 1. The van der Waals surface area contributed by atoms with E-state index >= 15 is 0 Å². The van der Waals surface area contributed by atoms with E-state index in [1.165, 1.54) is 18.3 Å². The molecule has 0 saturated heterocycles. The SMILES string of the molecule is CC(C)C(=O)NCCNS(=O)(=O)c1cccnc1Cl. The highest BCUT2D eigenvalue weighted by molar-refractivity contribution is 7.89. The molecular formula is C11H16ClN3O3S. The fraction of sp³-hybridized carbons (Fsp3) is 0.455. The number of nitrogens with zero attached hydrogens (tertiary/aromatic N) is 1. The van der Waals surface area contributed by atoms with E-state index < -0.39 is 10.0 Å². The van der Waals surface area contributed by atoms with Crippen molar-refractivity contribution in [3.8, 4) is 0 Å². The van der Waals surface area contributed by atoms with E-state index in [4.69, 9.17) is 11.6 Å². The molecule has 1 heterocycles. The largest absolute Gasteiger partial charge is 0.355 e. The third-order valence-electron chi connectivity index (χ3n) is 2.26. The predicted molar refractivity (Wildman–Crippen MR) is 72.3 cm³/mol. The van der Waals surface area contributed by atoms with Gasteiger partial charge in [-0.15, -0.1) is 0 Å². The lowest BCUT2D eigenvalue weighted by Crippen LogP contribution is -2.36. The molecule has 0 fully saturated rings. The van der Waals surface area contributed by atoms with Gasteiger partial charge >= 0.3 is 0 Å². The molecule has 0 spiro atoms. The first kappa shape index (κ1) is 15.9. The number of sulfonamides is 1. The van der Waals surface area contributed by atoms with Gasteiger partial charge in [-0.3, -0.25) is 4.79 Å². The lowest BCUT2D eigenvalue weighted by Gasteiger charge is -2.09. The maximum absolute atomic E-state index is 11.9. The first-order valence-corrected chi connectivity index (χ1v) is 7.58. The summed E-state index contributed by atoms with van der Waals surface area (Å²) in [4.78, 5) is 14.9. The fourth-order valence-corrected chi connectivity index (χ4v) is 2.71. The summed E-state index contributed by atoms with van der Waals surface area (Å²) in [6.45, 7) is 3.82. The minimum absolute atomic E-state index is 0.0770. The summed E-state index contributed by atoms with van der Waals surface area (Å²) in [5.41, 5.74) is 0. The number of amides is 1. The summed E-state index contributed by atoms with van der Waals surface area (Å²) in [6.07, 6.45) is 1.41. The van der Waals surface area contributed by atoms with Crippen LogP contribution in [0.3, 0.4) is 0 Å². The van der Waals surface area contributed by atoms with Gasteiger partial charge in [-0.25, -0.2) is 18.1 Å². The molecule has 1 aromatic rings. The Bertz CT molecular complexity index is 546. The molecule has 1 amide bonds. The molecule has 1 aromatic heterocycles. The van der Waals surface area contributed by atoms with E-state index in [9.17, 15) is 13.2 Å². The standard InChI is InChI=1S/C11H16ClN3O3S/c1-8(2)11(16)14-6-7-15-19(17,18)9-4-3-5-13-10(9)12/h3-5,8,15H,6-7H2,1-2H3,(H,14,16). The normalized spacial score (nSPS) is 11.6. The summed E-state index contributed by atoms with van der Waals surface area (Å²) in [5.74, 6) is -0.261. The van der Waals surface area contributed by atoms with Crippen molar-refractivity contribution in [2.45, 2.75) is 18.7 Å². The average Bonchev–Trinajstić information content (AvgIpc) is 2.34. The number of nitrogens with one attached hydrogen (secondary N) is 2. The Morgan fingerprint density at radius 1 is 1.42 bits per heavy atom. The number of pyridine rings is 1. The smallest absolute Gasteiger partial charge is 0.243 e. The Morgan fingerprint density at radius 2 is 2.11 bits per heavy atom. The Hall–Kier alpha value is -1.18. The molecule has 0 aliphatic carbocycles. The van der Waals surface area contributed by atoms with E-state index in [1.807, 2.05) is 0 Å². The Morgan fingerprint density at radius 3 is 2.68 bits per heavy atom. The summed E-state index contributed by atoms with van der Waals surface area (Å²) in [6, 6.07) is 2.85. The van der Waals surface area contributed by atoms with Crippen LogP contribution >= 0.6 is 11.6 Å². The van der Waals surface area contributed by atoms with E-state index in [0.29, 0.717) is 0 Å². The van der Waals surface area contributed by atoms with Gasteiger partial charge in [0.15, 0.2) is 0 Å². The van der Waals surface area contributed by atoms with Gasteiger partial charge in [-0.1, -0.05) is 25.4 Å². The number of rotatable bonds is 6. The summed E-state index contributed by atoms with van der Waals surface area (Å²) < 4.78 is 26.1. The van der Waals surface area contributed by atoms with Crippen LogP contribution in [0.25, 0.3) is 0 Å². The van der Waals surface area contributed by atoms with Crippen molar-refractivity contribution in [1.29, 1.82) is 0 Å². The molecule has 8 heteroatoms. The van der Waals surface area contributed by atoms with Gasteiger partial charge < -0.3 is 5.32 Å². The van der Waals surface area contributed by atoms with Gasteiger partial charge in [0.2, 0.25) is 15.9 Å². The molecule has 6 nitrogen and oxygen atoms in total. The van der Waals surface area contributed by atoms with Crippen LogP contribution in [-0.4, -0.2) is 32.4 Å². The van der Waals surface area contributed by atoms with Crippen LogP contribution in [0, 0.1) is 5.92 Å². The maximum atomic E-state index is 11.9. The van der Waals surface area contributed by atoms with Crippen LogP contribution in [0.5, 0.6) is 0 Å². The Balaban J connectivity index is 2.53. The van der Waals surface area contributed by atoms with Crippen LogP contribution in [0.15, 0.2) is 23.2 Å². The predicted octanol–water partition coefficient (Wildman–Crippen LogP) is 0.786. The molecule has 0 bridgehead atoms. The molecule has 19 heavy (non-hydrogen) atoms. The third kappa shape index (κ3) is 4.77. The van der Waals surface area contributed by atoms with Gasteiger partial charge in [0, 0.05) is 25.2 Å². The van der Waals surface area contributed by atoms with Gasteiger partial charge in [-0.2, -0.15) is 0 Å². The first-order chi connectivity index (χ1) is 8.84. The molecule has 0 atom stereocenters. The number of hydrogen-bond acceptors (Lipinski definition) is 4. The van der Waals surface area contributed by atoms with Crippen LogP contribution < -0.4 is 10.0 Å². The van der Waals surface area contributed by atoms with Gasteiger partial charge in [-0.05, 0) is 12.1 Å². The van der Waals surface area contributed by atoms with Crippen molar-refractivity contribution < 1.29 is 13.2 Å². The maximum Gasteiger partial charge on any atom is 0.243 e. The van der Waals surface area contributed by atoms with E-state index in [1.54, 1.807) is 13.8 Å². The highest BCUT2D eigenvalue weighted by Gasteiger charge is 2.17. The zero-order valence-corrected chi connectivity index (χ0v) is 12.3. The highest BCUT2D eigenvalue weighted by atomic mass is 35.5. The van der Waals surface area contributed by atoms with Crippen LogP contribution in [0.1, 0.15) is 13.8 Å². The van der Waals surface area contributed by atoms with E-state index in [0.717, 1.165) is 0 Å². The molecule has 0 aliphatic rings. The van der Waals surface area contributed by atoms with Gasteiger partial charge in [0.05, 0.1) is 0 Å². The van der Waals surface area contributed by atoms with Crippen molar-refractivity contribution in [2.24, 2.45) is 5.92 Å². The third-order valence-corrected chi connectivity index (χ3v) is 4.16. The number of aromatic nitrogens is 1. The van der Waals surface area contributed by atoms with Gasteiger partial charge in [0.1, 0.15) is 10.0 Å². The fourth-order valence-electron chi connectivity index (χ4n) is 1.22. The number of hydrogen-bond donors (Lipinski definition) is 2. The Kier molecular flexibility index (Phi) is 5.71. The van der Waals surface area contributed by atoms with E-state index in [-0.39, 0.29) is 35.0 Å². The van der Waals surface area contributed by atoms with Crippen LogP contribution in [0.4, 0.5) is 0 Å². The molecule has 106 valence electrons. The molecule has 0 saturated carbocycles. The second kappa shape index (κ2) is 6.83. The molecule has 0 aromatic carbocycles. The van der Waals surface area contributed by atoms with Gasteiger partial charge in [0.25, 0.3) is 0 Å². The minimum atomic E-state index is -3.70. The van der Waals surface area contributed by atoms with Crippen LogP contribution in [-0.2, 0) is 14.8 Å². The number of carbonyl (C=O) groups excluding carboxylic acids is 1. The van der Waals surface area contributed by atoms with Crippen LogP contribution in [0.2, 0.25) is 5.15 Å². The molecule has 1 rings (SSSR count). The molecule has 0 unspecified atom stereocenters.